The van der Waals surface area contributed by atoms with Crippen LogP contribution in [-0.2, 0) is 12.3 Å². The van der Waals surface area contributed by atoms with Crippen LogP contribution in [-0.4, -0.2) is 42.5 Å². The maximum absolute atomic E-state index is 13.3. The first-order chi connectivity index (χ1) is 14.9. The fourth-order valence-corrected chi connectivity index (χ4v) is 4.89. The van der Waals surface area contributed by atoms with Crippen molar-refractivity contribution in [3.63, 3.8) is 0 Å². The highest BCUT2D eigenvalue weighted by atomic mass is 32.2. The van der Waals surface area contributed by atoms with Crippen LogP contribution in [0.5, 0.6) is 0 Å². The van der Waals surface area contributed by atoms with Crippen molar-refractivity contribution in [2.24, 2.45) is 0 Å². The molecule has 7 heteroatoms. The van der Waals surface area contributed by atoms with Crippen LogP contribution in [0.4, 0.5) is 0 Å². The molecule has 0 bridgehead atoms. The summed E-state index contributed by atoms with van der Waals surface area (Å²) in [6, 6.07) is 14.4. The van der Waals surface area contributed by atoms with Crippen molar-refractivity contribution < 1.29 is 0 Å². The SMILES string of the molecule is CC(C)N(CCn1c(SCc2cn3ccccc3n2)nc2ccccc2c1=O)C(C)C. The molecule has 0 saturated heterocycles. The van der Waals surface area contributed by atoms with E-state index >= 15 is 0 Å². The fourth-order valence-electron chi connectivity index (χ4n) is 3.98. The number of para-hydroxylation sites is 1. The van der Waals surface area contributed by atoms with Gasteiger partial charge in [0.25, 0.3) is 5.56 Å². The zero-order chi connectivity index (χ0) is 22.0. The number of benzene rings is 1. The highest BCUT2D eigenvalue weighted by molar-refractivity contribution is 7.98. The number of aromatic nitrogens is 4. The van der Waals surface area contributed by atoms with E-state index in [0.717, 1.165) is 28.6 Å². The standard InChI is InChI=1S/C24H29N5OS/c1-17(2)28(18(3)4)13-14-29-23(30)20-9-5-6-10-21(20)26-24(29)31-16-19-15-27-12-8-7-11-22(27)25-19/h5-12,15,17-18H,13-14,16H2,1-4H3. The first kappa shape index (κ1) is 21.6. The lowest BCUT2D eigenvalue weighted by Gasteiger charge is -2.30. The molecule has 0 aliphatic heterocycles. The van der Waals surface area contributed by atoms with E-state index in [-0.39, 0.29) is 5.56 Å². The molecule has 0 radical (unpaired) electrons. The molecule has 0 fully saturated rings. The van der Waals surface area contributed by atoms with Crippen LogP contribution in [0.15, 0.2) is 64.8 Å². The van der Waals surface area contributed by atoms with Gasteiger partial charge in [0, 0.05) is 43.3 Å². The van der Waals surface area contributed by atoms with Crippen molar-refractivity contribution in [3.05, 3.63) is 70.9 Å². The van der Waals surface area contributed by atoms with Gasteiger partial charge in [0.05, 0.1) is 16.6 Å². The Hall–Kier alpha value is -2.64. The van der Waals surface area contributed by atoms with Gasteiger partial charge in [-0.15, -0.1) is 0 Å². The lowest BCUT2D eigenvalue weighted by Crippen LogP contribution is -2.40. The summed E-state index contributed by atoms with van der Waals surface area (Å²) in [6.45, 7) is 10.2. The van der Waals surface area contributed by atoms with Gasteiger partial charge in [-0.05, 0) is 52.0 Å². The van der Waals surface area contributed by atoms with Crippen LogP contribution in [0.3, 0.4) is 0 Å². The third kappa shape index (κ3) is 4.67. The third-order valence-electron chi connectivity index (χ3n) is 5.50. The van der Waals surface area contributed by atoms with Crippen molar-refractivity contribution in [1.82, 2.24) is 23.8 Å². The summed E-state index contributed by atoms with van der Waals surface area (Å²) >= 11 is 1.57. The Bertz CT molecular complexity index is 1200. The van der Waals surface area contributed by atoms with Gasteiger partial charge in [-0.3, -0.25) is 14.3 Å². The highest BCUT2D eigenvalue weighted by Crippen LogP contribution is 2.22. The molecule has 6 nitrogen and oxygen atoms in total. The van der Waals surface area contributed by atoms with Gasteiger partial charge in [-0.1, -0.05) is 30.0 Å². The minimum Gasteiger partial charge on any atom is -0.307 e. The minimum absolute atomic E-state index is 0.0237. The van der Waals surface area contributed by atoms with Gasteiger partial charge >= 0.3 is 0 Å². The quantitative estimate of drug-likeness (QED) is 0.302. The molecule has 3 heterocycles. The monoisotopic (exact) mass is 435 g/mol. The van der Waals surface area contributed by atoms with Gasteiger partial charge in [-0.2, -0.15) is 0 Å². The van der Waals surface area contributed by atoms with E-state index in [4.69, 9.17) is 4.98 Å². The number of nitrogens with zero attached hydrogens (tertiary/aromatic N) is 5. The van der Waals surface area contributed by atoms with Crippen molar-refractivity contribution in [2.75, 3.05) is 6.54 Å². The number of hydrogen-bond acceptors (Lipinski definition) is 5. The molecule has 3 aromatic heterocycles. The van der Waals surface area contributed by atoms with Crippen LogP contribution in [0.1, 0.15) is 33.4 Å². The number of rotatable bonds is 8. The van der Waals surface area contributed by atoms with Gasteiger partial charge in [0.15, 0.2) is 5.16 Å². The van der Waals surface area contributed by atoms with E-state index in [1.165, 1.54) is 0 Å². The first-order valence-corrected chi connectivity index (χ1v) is 11.7. The molecule has 0 aliphatic carbocycles. The molecule has 162 valence electrons. The average molecular weight is 436 g/mol. The molecule has 0 spiro atoms. The van der Waals surface area contributed by atoms with E-state index in [2.05, 4.69) is 37.6 Å². The zero-order valence-corrected chi connectivity index (χ0v) is 19.3. The Morgan fingerprint density at radius 1 is 1.00 bits per heavy atom. The van der Waals surface area contributed by atoms with E-state index in [1.54, 1.807) is 11.8 Å². The van der Waals surface area contributed by atoms with Gasteiger partial charge in [0.1, 0.15) is 5.65 Å². The third-order valence-corrected chi connectivity index (χ3v) is 6.51. The summed E-state index contributed by atoms with van der Waals surface area (Å²) in [5.41, 5.74) is 2.66. The Labute approximate surface area is 186 Å². The topological polar surface area (TPSA) is 55.4 Å². The van der Waals surface area contributed by atoms with E-state index in [9.17, 15) is 4.79 Å². The predicted molar refractivity (Wildman–Crippen MR) is 128 cm³/mol. The lowest BCUT2D eigenvalue weighted by molar-refractivity contribution is 0.166. The molecule has 4 rings (SSSR count). The molecule has 0 unspecified atom stereocenters. The first-order valence-electron chi connectivity index (χ1n) is 10.7. The van der Waals surface area contributed by atoms with Crippen molar-refractivity contribution >= 4 is 28.3 Å². The Kier molecular flexibility index (Phi) is 6.43. The molecule has 31 heavy (non-hydrogen) atoms. The van der Waals surface area contributed by atoms with Crippen LogP contribution >= 0.6 is 11.8 Å². The second-order valence-corrected chi connectivity index (χ2v) is 9.22. The number of thioether (sulfide) groups is 1. The maximum Gasteiger partial charge on any atom is 0.262 e. The van der Waals surface area contributed by atoms with Gasteiger partial charge < -0.3 is 4.40 Å². The summed E-state index contributed by atoms with van der Waals surface area (Å²) in [4.78, 5) is 25.3. The number of pyridine rings is 1. The molecule has 0 aliphatic rings. The van der Waals surface area contributed by atoms with E-state index in [1.807, 2.05) is 63.8 Å². The Morgan fingerprint density at radius 2 is 1.74 bits per heavy atom. The zero-order valence-electron chi connectivity index (χ0n) is 18.5. The Balaban J connectivity index is 1.65. The fraction of sp³-hybridized carbons (Fsp3) is 0.375. The predicted octanol–water partition coefficient (Wildman–Crippen LogP) is 4.46. The summed E-state index contributed by atoms with van der Waals surface area (Å²) < 4.78 is 3.85. The van der Waals surface area contributed by atoms with Crippen LogP contribution in [0.2, 0.25) is 0 Å². The molecule has 1 aromatic carbocycles. The second-order valence-electron chi connectivity index (χ2n) is 8.28. The van der Waals surface area contributed by atoms with Crippen molar-refractivity contribution in [1.29, 1.82) is 0 Å². The van der Waals surface area contributed by atoms with Crippen molar-refractivity contribution in [3.8, 4) is 0 Å². The minimum atomic E-state index is 0.0237. The maximum atomic E-state index is 13.3. The van der Waals surface area contributed by atoms with Crippen LogP contribution in [0, 0.1) is 0 Å². The van der Waals surface area contributed by atoms with Crippen LogP contribution in [0.25, 0.3) is 16.6 Å². The summed E-state index contributed by atoms with van der Waals surface area (Å²) in [5.74, 6) is 0.657. The number of imidazole rings is 1. The van der Waals surface area contributed by atoms with Gasteiger partial charge in [-0.25, -0.2) is 9.97 Å². The number of fused-ring (bicyclic) bond motifs is 2. The van der Waals surface area contributed by atoms with E-state index in [0.29, 0.717) is 29.8 Å². The average Bonchev–Trinajstić information content (AvgIpc) is 3.16. The molecule has 0 atom stereocenters. The van der Waals surface area contributed by atoms with Gasteiger partial charge in [0.2, 0.25) is 0 Å². The number of hydrogen-bond donors (Lipinski definition) is 0. The summed E-state index contributed by atoms with van der Waals surface area (Å²) in [7, 11) is 0. The molecular formula is C24H29N5OS. The highest BCUT2D eigenvalue weighted by Gasteiger charge is 2.17. The van der Waals surface area contributed by atoms with Crippen molar-refractivity contribution in [2.45, 2.75) is 57.2 Å². The van der Waals surface area contributed by atoms with Crippen LogP contribution < -0.4 is 5.56 Å². The normalized spacial score (nSPS) is 12.1. The summed E-state index contributed by atoms with van der Waals surface area (Å²) in [5, 5.41) is 1.41. The molecule has 0 N–H and O–H groups in total. The molecule has 0 amide bonds. The molecular weight excluding hydrogens is 406 g/mol. The Morgan fingerprint density at radius 3 is 2.48 bits per heavy atom. The van der Waals surface area contributed by atoms with E-state index < -0.39 is 0 Å². The molecule has 0 saturated carbocycles. The molecule has 4 aromatic rings. The smallest absolute Gasteiger partial charge is 0.262 e. The summed E-state index contributed by atoms with van der Waals surface area (Å²) in [6.07, 6.45) is 4.03. The largest absolute Gasteiger partial charge is 0.307 e. The second kappa shape index (κ2) is 9.24. The lowest BCUT2D eigenvalue weighted by atomic mass is 10.2.